The van der Waals surface area contributed by atoms with Gasteiger partial charge in [-0.3, -0.25) is 4.79 Å². The van der Waals surface area contributed by atoms with Crippen LogP contribution in [0.2, 0.25) is 0 Å². The number of amides is 1. The van der Waals surface area contributed by atoms with Gasteiger partial charge in [0.15, 0.2) is 0 Å². The lowest BCUT2D eigenvalue weighted by molar-refractivity contribution is -0.141. The normalized spacial score (nSPS) is 12.8. The van der Waals surface area contributed by atoms with Crippen LogP contribution in [0.25, 0.3) is 0 Å². The first kappa shape index (κ1) is 16.6. The molecule has 0 aliphatic heterocycles. The number of thiophene rings is 1. The zero-order chi connectivity index (χ0) is 15.2. The first-order valence-corrected chi connectivity index (χ1v) is 8.28. The van der Waals surface area contributed by atoms with E-state index in [-0.39, 0.29) is 23.6 Å². The van der Waals surface area contributed by atoms with Crippen molar-refractivity contribution < 1.29 is 23.1 Å². The van der Waals surface area contributed by atoms with E-state index in [0.29, 0.717) is 0 Å². The highest BCUT2D eigenvalue weighted by Gasteiger charge is 2.18. The maximum Gasteiger partial charge on any atom is 0.326 e. The van der Waals surface area contributed by atoms with Gasteiger partial charge in [-0.15, -0.1) is 11.3 Å². The van der Waals surface area contributed by atoms with Crippen LogP contribution < -0.4 is 10.0 Å². The molecule has 0 spiro atoms. The molecule has 1 aromatic heterocycles. The van der Waals surface area contributed by atoms with Crippen molar-refractivity contribution in [3.05, 3.63) is 17.5 Å². The van der Waals surface area contributed by atoms with Crippen molar-refractivity contribution >= 4 is 33.2 Å². The van der Waals surface area contributed by atoms with Crippen molar-refractivity contribution in [3.8, 4) is 0 Å². The highest BCUT2D eigenvalue weighted by Crippen LogP contribution is 2.14. The standard InChI is InChI=1S/C11H16N2O5S2/c1-2-8(11(15)16)13-9(14)5-6-12-20(17,18)10-4-3-7-19-10/h3-4,7-8,12H,2,5-6H2,1H3,(H,13,14)(H,15,16)/t8-/m1/s1. The molecule has 1 rings (SSSR count). The number of carboxylic acids is 1. The smallest absolute Gasteiger partial charge is 0.326 e. The van der Waals surface area contributed by atoms with Crippen LogP contribution in [-0.4, -0.2) is 38.0 Å². The third kappa shape index (κ3) is 4.91. The van der Waals surface area contributed by atoms with Crippen molar-refractivity contribution in [3.63, 3.8) is 0 Å². The Labute approximate surface area is 121 Å². The molecule has 1 aromatic rings. The van der Waals surface area contributed by atoms with Gasteiger partial charge in [-0.1, -0.05) is 13.0 Å². The van der Waals surface area contributed by atoms with E-state index in [2.05, 4.69) is 10.0 Å². The van der Waals surface area contributed by atoms with Crippen molar-refractivity contribution in [1.29, 1.82) is 0 Å². The summed E-state index contributed by atoms with van der Waals surface area (Å²) in [5.41, 5.74) is 0. The van der Waals surface area contributed by atoms with Crippen LogP contribution in [0.15, 0.2) is 21.7 Å². The Balaban J connectivity index is 2.41. The van der Waals surface area contributed by atoms with Crippen LogP contribution in [0.4, 0.5) is 0 Å². The zero-order valence-electron chi connectivity index (χ0n) is 10.8. The summed E-state index contributed by atoms with van der Waals surface area (Å²) in [6.07, 6.45) is 0.149. The Morgan fingerprint density at radius 1 is 1.45 bits per heavy atom. The number of sulfonamides is 1. The second-order valence-corrected chi connectivity index (χ2v) is 6.89. The van der Waals surface area contributed by atoms with Crippen molar-refractivity contribution in [2.24, 2.45) is 0 Å². The molecule has 9 heteroatoms. The van der Waals surface area contributed by atoms with Gasteiger partial charge in [0.25, 0.3) is 0 Å². The Hall–Kier alpha value is -1.45. The summed E-state index contributed by atoms with van der Waals surface area (Å²) in [4.78, 5) is 22.2. The summed E-state index contributed by atoms with van der Waals surface area (Å²) in [5.74, 6) is -1.62. The summed E-state index contributed by atoms with van der Waals surface area (Å²) in [7, 11) is -3.59. The monoisotopic (exact) mass is 320 g/mol. The summed E-state index contributed by atoms with van der Waals surface area (Å²) in [5, 5.41) is 12.7. The van der Waals surface area contributed by atoms with Gasteiger partial charge in [0.05, 0.1) is 0 Å². The molecule has 1 amide bonds. The number of aliphatic carboxylic acids is 1. The van der Waals surface area contributed by atoms with E-state index in [1.54, 1.807) is 18.4 Å². The maximum atomic E-state index is 11.7. The van der Waals surface area contributed by atoms with Crippen molar-refractivity contribution in [2.75, 3.05) is 6.54 Å². The van der Waals surface area contributed by atoms with Crippen LogP contribution in [0.5, 0.6) is 0 Å². The molecule has 0 bridgehead atoms. The van der Waals surface area contributed by atoms with Crippen LogP contribution in [0.1, 0.15) is 19.8 Å². The van der Waals surface area contributed by atoms with Gasteiger partial charge >= 0.3 is 5.97 Å². The van der Waals surface area contributed by atoms with Crippen LogP contribution >= 0.6 is 11.3 Å². The van der Waals surface area contributed by atoms with E-state index in [1.165, 1.54) is 6.07 Å². The number of carbonyl (C=O) groups is 2. The molecular weight excluding hydrogens is 304 g/mol. The molecule has 0 unspecified atom stereocenters. The maximum absolute atomic E-state index is 11.7. The number of rotatable bonds is 8. The molecule has 1 atom stereocenters. The lowest BCUT2D eigenvalue weighted by Gasteiger charge is -2.12. The fourth-order valence-electron chi connectivity index (χ4n) is 1.39. The molecule has 0 fully saturated rings. The second-order valence-electron chi connectivity index (χ2n) is 3.95. The number of hydrogen-bond donors (Lipinski definition) is 3. The molecule has 20 heavy (non-hydrogen) atoms. The highest BCUT2D eigenvalue weighted by molar-refractivity contribution is 7.91. The average Bonchev–Trinajstić information content (AvgIpc) is 2.89. The summed E-state index contributed by atoms with van der Waals surface area (Å²) in [6.45, 7) is 1.56. The van der Waals surface area contributed by atoms with Gasteiger partial charge in [0.2, 0.25) is 15.9 Å². The predicted octanol–water partition coefficient (Wildman–Crippen LogP) is 0.396. The van der Waals surface area contributed by atoms with Gasteiger partial charge in [-0.25, -0.2) is 17.9 Å². The van der Waals surface area contributed by atoms with Crippen LogP contribution in [-0.2, 0) is 19.6 Å². The lowest BCUT2D eigenvalue weighted by atomic mass is 10.2. The minimum atomic E-state index is -3.59. The van der Waals surface area contributed by atoms with Gasteiger partial charge < -0.3 is 10.4 Å². The molecule has 0 aromatic carbocycles. The fraction of sp³-hybridized carbons (Fsp3) is 0.455. The number of carbonyl (C=O) groups excluding carboxylic acids is 1. The first-order chi connectivity index (χ1) is 9.36. The Morgan fingerprint density at radius 2 is 2.15 bits per heavy atom. The van der Waals surface area contributed by atoms with Crippen LogP contribution in [0.3, 0.4) is 0 Å². The third-order valence-corrected chi connectivity index (χ3v) is 5.30. The topological polar surface area (TPSA) is 113 Å². The molecular formula is C11H16N2O5S2. The van der Waals surface area contributed by atoms with E-state index >= 15 is 0 Å². The van der Waals surface area contributed by atoms with Gasteiger partial charge in [0.1, 0.15) is 10.3 Å². The molecule has 112 valence electrons. The Kier molecular flexibility index (Phi) is 6.11. The first-order valence-electron chi connectivity index (χ1n) is 5.92. The highest BCUT2D eigenvalue weighted by atomic mass is 32.2. The third-order valence-electron chi connectivity index (χ3n) is 2.45. The minimum absolute atomic E-state index is 0.0812. The van der Waals surface area contributed by atoms with E-state index < -0.39 is 27.9 Å². The lowest BCUT2D eigenvalue weighted by Crippen LogP contribution is -2.41. The molecule has 0 aliphatic carbocycles. The van der Waals surface area contributed by atoms with E-state index in [1.807, 2.05) is 0 Å². The van der Waals surface area contributed by atoms with Crippen molar-refractivity contribution in [1.82, 2.24) is 10.0 Å². The number of hydrogen-bond acceptors (Lipinski definition) is 5. The minimum Gasteiger partial charge on any atom is -0.480 e. The molecule has 0 aliphatic rings. The summed E-state index contributed by atoms with van der Waals surface area (Å²) < 4.78 is 25.9. The van der Waals surface area contributed by atoms with E-state index in [0.717, 1.165) is 11.3 Å². The Morgan fingerprint density at radius 3 is 2.65 bits per heavy atom. The number of carboxylic acid groups (broad SMARTS) is 1. The van der Waals surface area contributed by atoms with E-state index in [9.17, 15) is 18.0 Å². The molecule has 1 heterocycles. The van der Waals surface area contributed by atoms with E-state index in [4.69, 9.17) is 5.11 Å². The van der Waals surface area contributed by atoms with Gasteiger partial charge in [0, 0.05) is 13.0 Å². The second kappa shape index (κ2) is 7.36. The van der Waals surface area contributed by atoms with Gasteiger partial charge in [-0.05, 0) is 17.9 Å². The quantitative estimate of drug-likeness (QED) is 0.641. The molecule has 0 saturated heterocycles. The molecule has 7 nitrogen and oxygen atoms in total. The van der Waals surface area contributed by atoms with Gasteiger partial charge in [-0.2, -0.15) is 0 Å². The molecule has 0 radical (unpaired) electrons. The molecule has 0 saturated carbocycles. The average molecular weight is 320 g/mol. The zero-order valence-corrected chi connectivity index (χ0v) is 12.5. The molecule has 3 N–H and O–H groups in total. The number of nitrogens with one attached hydrogen (secondary N) is 2. The summed E-state index contributed by atoms with van der Waals surface area (Å²) in [6, 6.07) is 2.13. The van der Waals surface area contributed by atoms with Crippen LogP contribution in [0, 0.1) is 0 Å². The predicted molar refractivity (Wildman–Crippen MR) is 74.0 cm³/mol. The summed E-state index contributed by atoms with van der Waals surface area (Å²) >= 11 is 1.08. The SMILES string of the molecule is CC[C@@H](NC(=O)CCNS(=O)(=O)c1cccs1)C(=O)O. The largest absolute Gasteiger partial charge is 0.480 e. The van der Waals surface area contributed by atoms with Crippen molar-refractivity contribution in [2.45, 2.75) is 30.0 Å². The Bertz CT molecular complexity index is 553. The fourth-order valence-corrected chi connectivity index (χ4v) is 3.46.